The molecule has 2 rings (SSSR count). The van der Waals surface area contributed by atoms with Crippen LogP contribution in [0.15, 0.2) is 12.3 Å². The van der Waals surface area contributed by atoms with Crippen LogP contribution in [0.3, 0.4) is 0 Å². The molecule has 0 amide bonds. The maximum Gasteiger partial charge on any atom is 0.223 e. The van der Waals surface area contributed by atoms with Gasteiger partial charge in [0.15, 0.2) is 0 Å². The molecule has 0 spiro atoms. The fourth-order valence-corrected chi connectivity index (χ4v) is 1.98. The SMILES string of the molecule is N#Cc1ccnc(NCC2CCC(O)C2)n1. The first-order valence-corrected chi connectivity index (χ1v) is 5.43. The molecule has 1 aliphatic rings. The number of aromatic nitrogens is 2. The van der Waals surface area contributed by atoms with E-state index in [1.54, 1.807) is 12.3 Å². The van der Waals surface area contributed by atoms with E-state index >= 15 is 0 Å². The first kappa shape index (κ1) is 10.8. The molecule has 0 aromatic carbocycles. The van der Waals surface area contributed by atoms with Crippen LogP contribution in [0.25, 0.3) is 0 Å². The summed E-state index contributed by atoms with van der Waals surface area (Å²) in [4.78, 5) is 8.06. The molecular formula is C11H14N4O. The minimum Gasteiger partial charge on any atom is -0.393 e. The van der Waals surface area contributed by atoms with E-state index in [-0.39, 0.29) is 6.10 Å². The second-order valence-electron chi connectivity index (χ2n) is 4.09. The summed E-state index contributed by atoms with van der Waals surface area (Å²) in [5, 5.41) is 21.1. The third-order valence-corrected chi connectivity index (χ3v) is 2.83. The fourth-order valence-electron chi connectivity index (χ4n) is 1.98. The summed E-state index contributed by atoms with van der Waals surface area (Å²) in [5.41, 5.74) is 0.365. The normalized spacial score (nSPS) is 24.0. The Kier molecular flexibility index (Phi) is 3.32. The van der Waals surface area contributed by atoms with Gasteiger partial charge in [0.25, 0.3) is 0 Å². The van der Waals surface area contributed by atoms with Gasteiger partial charge < -0.3 is 10.4 Å². The topological polar surface area (TPSA) is 81.8 Å². The molecule has 5 heteroatoms. The van der Waals surface area contributed by atoms with Crippen LogP contribution in [0.4, 0.5) is 5.95 Å². The van der Waals surface area contributed by atoms with E-state index < -0.39 is 0 Å². The van der Waals surface area contributed by atoms with Crippen molar-refractivity contribution in [2.24, 2.45) is 5.92 Å². The third kappa shape index (κ3) is 2.67. The molecule has 2 N–H and O–H groups in total. The number of nitriles is 1. The molecular weight excluding hydrogens is 204 g/mol. The number of aliphatic hydroxyl groups excluding tert-OH is 1. The van der Waals surface area contributed by atoms with Gasteiger partial charge in [0.1, 0.15) is 11.8 Å². The van der Waals surface area contributed by atoms with Gasteiger partial charge in [0, 0.05) is 12.7 Å². The Hall–Kier alpha value is -1.67. The Morgan fingerprint density at radius 2 is 2.44 bits per heavy atom. The van der Waals surface area contributed by atoms with Crippen LogP contribution in [0.5, 0.6) is 0 Å². The number of rotatable bonds is 3. The number of hydrogen-bond donors (Lipinski definition) is 2. The smallest absolute Gasteiger partial charge is 0.223 e. The highest BCUT2D eigenvalue weighted by molar-refractivity contribution is 5.29. The van der Waals surface area contributed by atoms with Crippen LogP contribution in [0.1, 0.15) is 25.0 Å². The summed E-state index contributed by atoms with van der Waals surface area (Å²) >= 11 is 0. The lowest BCUT2D eigenvalue weighted by molar-refractivity contribution is 0.178. The maximum absolute atomic E-state index is 9.38. The monoisotopic (exact) mass is 218 g/mol. The van der Waals surface area contributed by atoms with Crippen LogP contribution in [-0.2, 0) is 0 Å². The Morgan fingerprint density at radius 3 is 3.12 bits per heavy atom. The number of hydrogen-bond acceptors (Lipinski definition) is 5. The van der Waals surface area contributed by atoms with Gasteiger partial charge in [-0.3, -0.25) is 0 Å². The van der Waals surface area contributed by atoms with Crippen molar-refractivity contribution in [1.29, 1.82) is 5.26 Å². The first-order valence-electron chi connectivity index (χ1n) is 5.43. The van der Waals surface area contributed by atoms with Gasteiger partial charge in [0.2, 0.25) is 5.95 Å². The number of nitrogens with one attached hydrogen (secondary N) is 1. The Bertz CT molecular complexity index is 401. The lowest BCUT2D eigenvalue weighted by Crippen LogP contribution is -2.14. The molecule has 1 fully saturated rings. The van der Waals surface area contributed by atoms with Crippen LogP contribution >= 0.6 is 0 Å². The van der Waals surface area contributed by atoms with Crippen molar-refractivity contribution in [3.05, 3.63) is 18.0 Å². The van der Waals surface area contributed by atoms with E-state index in [1.165, 1.54) is 0 Å². The van der Waals surface area contributed by atoms with E-state index in [0.29, 0.717) is 17.6 Å². The van der Waals surface area contributed by atoms with Crippen LogP contribution < -0.4 is 5.32 Å². The largest absolute Gasteiger partial charge is 0.393 e. The minimum atomic E-state index is -0.154. The van der Waals surface area contributed by atoms with Crippen LogP contribution in [-0.4, -0.2) is 27.7 Å². The van der Waals surface area contributed by atoms with E-state index in [1.807, 2.05) is 6.07 Å². The van der Waals surface area contributed by atoms with E-state index in [4.69, 9.17) is 5.26 Å². The number of anilines is 1. The first-order chi connectivity index (χ1) is 7.78. The Morgan fingerprint density at radius 1 is 1.56 bits per heavy atom. The molecule has 1 heterocycles. The van der Waals surface area contributed by atoms with Gasteiger partial charge in [-0.15, -0.1) is 0 Å². The van der Waals surface area contributed by atoms with Crippen molar-refractivity contribution in [1.82, 2.24) is 9.97 Å². The predicted octanol–water partition coefficient (Wildman–Crippen LogP) is 0.921. The molecule has 0 aliphatic heterocycles. The summed E-state index contributed by atoms with van der Waals surface area (Å²) in [7, 11) is 0. The van der Waals surface area contributed by atoms with E-state index in [9.17, 15) is 5.11 Å². The lowest BCUT2D eigenvalue weighted by atomic mass is 10.1. The standard InChI is InChI=1S/C11H14N4O/c12-6-9-3-4-13-11(15-9)14-7-8-1-2-10(16)5-8/h3-4,8,10,16H,1-2,5,7H2,(H,13,14,15). The zero-order valence-electron chi connectivity index (χ0n) is 8.93. The van der Waals surface area contributed by atoms with E-state index in [2.05, 4.69) is 15.3 Å². The summed E-state index contributed by atoms with van der Waals surface area (Å²) in [6.07, 6.45) is 4.16. The van der Waals surface area contributed by atoms with Gasteiger partial charge in [-0.2, -0.15) is 5.26 Å². The molecule has 0 radical (unpaired) electrons. The zero-order chi connectivity index (χ0) is 11.4. The molecule has 0 bridgehead atoms. The molecule has 1 saturated carbocycles. The van der Waals surface area contributed by atoms with Crippen LogP contribution in [0.2, 0.25) is 0 Å². The summed E-state index contributed by atoms with van der Waals surface area (Å²) in [6.45, 7) is 0.756. The Balaban J connectivity index is 1.87. The summed E-state index contributed by atoms with van der Waals surface area (Å²) in [5.74, 6) is 0.963. The predicted molar refractivity (Wildman–Crippen MR) is 58.6 cm³/mol. The Labute approximate surface area is 94.2 Å². The summed E-state index contributed by atoms with van der Waals surface area (Å²) < 4.78 is 0. The second-order valence-corrected chi connectivity index (χ2v) is 4.09. The van der Waals surface area contributed by atoms with E-state index in [0.717, 1.165) is 25.8 Å². The van der Waals surface area contributed by atoms with Crippen molar-refractivity contribution in [2.75, 3.05) is 11.9 Å². The average molecular weight is 218 g/mol. The molecule has 2 atom stereocenters. The van der Waals surface area contributed by atoms with Crippen LogP contribution in [0, 0.1) is 17.2 Å². The van der Waals surface area contributed by atoms with Crippen molar-refractivity contribution in [2.45, 2.75) is 25.4 Å². The van der Waals surface area contributed by atoms with Crippen molar-refractivity contribution in [3.63, 3.8) is 0 Å². The molecule has 84 valence electrons. The molecule has 1 aromatic rings. The molecule has 1 aliphatic carbocycles. The quantitative estimate of drug-likeness (QED) is 0.788. The molecule has 5 nitrogen and oxygen atoms in total. The lowest BCUT2D eigenvalue weighted by Gasteiger charge is -2.10. The maximum atomic E-state index is 9.38. The fraction of sp³-hybridized carbons (Fsp3) is 0.545. The van der Waals surface area contributed by atoms with Crippen molar-refractivity contribution < 1.29 is 5.11 Å². The van der Waals surface area contributed by atoms with Crippen molar-refractivity contribution in [3.8, 4) is 6.07 Å². The highest BCUT2D eigenvalue weighted by Gasteiger charge is 2.22. The third-order valence-electron chi connectivity index (χ3n) is 2.83. The van der Waals surface area contributed by atoms with Gasteiger partial charge >= 0.3 is 0 Å². The highest BCUT2D eigenvalue weighted by atomic mass is 16.3. The molecule has 1 aromatic heterocycles. The summed E-state index contributed by atoms with van der Waals surface area (Å²) in [6, 6.07) is 3.55. The van der Waals surface area contributed by atoms with Gasteiger partial charge in [-0.1, -0.05) is 0 Å². The van der Waals surface area contributed by atoms with Gasteiger partial charge in [-0.05, 0) is 31.2 Å². The van der Waals surface area contributed by atoms with Gasteiger partial charge in [0.05, 0.1) is 6.10 Å². The number of aliphatic hydroxyl groups is 1. The molecule has 2 unspecified atom stereocenters. The molecule has 16 heavy (non-hydrogen) atoms. The number of nitrogens with zero attached hydrogens (tertiary/aromatic N) is 3. The van der Waals surface area contributed by atoms with Gasteiger partial charge in [-0.25, -0.2) is 9.97 Å². The average Bonchev–Trinajstić information content (AvgIpc) is 2.73. The van der Waals surface area contributed by atoms with Crippen molar-refractivity contribution >= 4 is 5.95 Å². The zero-order valence-corrected chi connectivity index (χ0v) is 8.93. The highest BCUT2D eigenvalue weighted by Crippen LogP contribution is 2.25. The minimum absolute atomic E-state index is 0.154. The second kappa shape index (κ2) is 4.90. The molecule has 0 saturated heterocycles.